The zero-order valence-electron chi connectivity index (χ0n) is 17.2. The highest BCUT2D eigenvalue weighted by molar-refractivity contribution is 6.51. The van der Waals surface area contributed by atoms with Crippen LogP contribution in [0.15, 0.2) is 59.3 Å². The Balaban J connectivity index is 1.64. The monoisotopic (exact) mass is 445 g/mol. The van der Waals surface area contributed by atoms with Crippen molar-refractivity contribution in [3.05, 3.63) is 71.1 Å². The van der Waals surface area contributed by atoms with Crippen molar-refractivity contribution in [1.82, 2.24) is 15.2 Å². The van der Waals surface area contributed by atoms with E-state index in [9.17, 15) is 9.59 Å². The van der Waals surface area contributed by atoms with Crippen molar-refractivity contribution >= 4 is 56.4 Å². The van der Waals surface area contributed by atoms with Gasteiger partial charge in [-0.15, -0.1) is 0 Å². The molecule has 160 valence electrons. The average molecular weight is 446 g/mol. The number of imide groups is 1. The van der Waals surface area contributed by atoms with Crippen LogP contribution in [0.5, 0.6) is 0 Å². The normalized spacial score (nSPS) is 17.7. The zero-order valence-corrected chi connectivity index (χ0v) is 17.9. The maximum absolute atomic E-state index is 13.1. The van der Waals surface area contributed by atoms with Crippen LogP contribution in [-0.4, -0.2) is 29.5 Å². The topological polar surface area (TPSA) is 76.3 Å². The number of para-hydroxylation sites is 1. The van der Waals surface area contributed by atoms with Crippen LogP contribution < -0.4 is 10.6 Å². The number of fused-ring (bicyclic) bond motifs is 2. The van der Waals surface area contributed by atoms with Gasteiger partial charge >= 0.3 is 0 Å². The van der Waals surface area contributed by atoms with E-state index in [1.807, 2.05) is 24.4 Å². The van der Waals surface area contributed by atoms with Crippen LogP contribution in [0.25, 0.3) is 33.0 Å². The number of benzene rings is 2. The van der Waals surface area contributed by atoms with Gasteiger partial charge in [-0.25, -0.2) is 0 Å². The minimum absolute atomic E-state index is 0.297. The minimum Gasteiger partial charge on any atom is -0.464 e. The predicted octanol–water partition coefficient (Wildman–Crippen LogP) is 4.53. The Morgan fingerprint density at radius 1 is 0.969 bits per heavy atom. The minimum atomic E-state index is -0.441. The summed E-state index contributed by atoms with van der Waals surface area (Å²) in [5.41, 5.74) is 3.52. The van der Waals surface area contributed by atoms with E-state index >= 15 is 0 Å². The molecule has 1 fully saturated rings. The molecule has 2 aromatic carbocycles. The van der Waals surface area contributed by atoms with E-state index in [2.05, 4.69) is 21.3 Å². The van der Waals surface area contributed by atoms with E-state index in [-0.39, 0.29) is 0 Å². The van der Waals surface area contributed by atoms with Gasteiger partial charge in [0.15, 0.2) is 0 Å². The predicted molar refractivity (Wildman–Crippen MR) is 124 cm³/mol. The zero-order chi connectivity index (χ0) is 21.8. The SMILES string of the molecule is O=C1NC(=O)C(c2cc(Cl)cc3ccoc23)=C1c1cn(C2CCNCC2)c2ccccc12. The van der Waals surface area contributed by atoms with Crippen LogP contribution in [0.3, 0.4) is 0 Å². The molecular weight excluding hydrogens is 426 g/mol. The molecule has 0 bridgehead atoms. The second kappa shape index (κ2) is 7.36. The van der Waals surface area contributed by atoms with Gasteiger partial charge in [0, 0.05) is 44.7 Å². The van der Waals surface area contributed by atoms with Crippen molar-refractivity contribution in [3.63, 3.8) is 0 Å². The first-order valence-electron chi connectivity index (χ1n) is 10.7. The molecule has 2 aliphatic heterocycles. The summed E-state index contributed by atoms with van der Waals surface area (Å²) in [5.74, 6) is -0.846. The Kier molecular flexibility index (Phi) is 4.45. The number of aromatic nitrogens is 1. The number of rotatable bonds is 3. The van der Waals surface area contributed by atoms with Gasteiger partial charge in [-0.05, 0) is 50.2 Å². The van der Waals surface area contributed by atoms with E-state index in [4.69, 9.17) is 16.0 Å². The molecule has 0 unspecified atom stereocenters. The van der Waals surface area contributed by atoms with Crippen LogP contribution in [0.4, 0.5) is 0 Å². The molecule has 6 nitrogen and oxygen atoms in total. The van der Waals surface area contributed by atoms with E-state index < -0.39 is 11.8 Å². The Morgan fingerprint density at radius 2 is 1.72 bits per heavy atom. The first kappa shape index (κ1) is 19.3. The molecular formula is C25H20ClN3O3. The van der Waals surface area contributed by atoms with Gasteiger partial charge in [0.1, 0.15) is 5.58 Å². The number of carbonyl (C=O) groups excluding carboxylic acids is 2. The van der Waals surface area contributed by atoms with Gasteiger partial charge in [0.05, 0.1) is 17.4 Å². The second-order valence-corrected chi connectivity index (χ2v) is 8.71. The van der Waals surface area contributed by atoms with Crippen LogP contribution >= 0.6 is 11.6 Å². The van der Waals surface area contributed by atoms with Crippen molar-refractivity contribution in [3.8, 4) is 0 Å². The van der Waals surface area contributed by atoms with E-state index in [1.165, 1.54) is 0 Å². The number of hydrogen-bond acceptors (Lipinski definition) is 4. The molecule has 0 radical (unpaired) electrons. The van der Waals surface area contributed by atoms with Crippen molar-refractivity contribution < 1.29 is 14.0 Å². The molecule has 4 aromatic rings. The molecule has 0 aliphatic carbocycles. The number of halogens is 1. The third-order valence-corrected chi connectivity index (χ3v) is 6.65. The van der Waals surface area contributed by atoms with Crippen LogP contribution in [0.2, 0.25) is 5.02 Å². The number of hydrogen-bond donors (Lipinski definition) is 2. The fraction of sp³-hybridized carbons (Fsp3) is 0.200. The van der Waals surface area contributed by atoms with Gasteiger partial charge in [-0.2, -0.15) is 0 Å². The maximum Gasteiger partial charge on any atom is 0.259 e. The Morgan fingerprint density at radius 3 is 2.53 bits per heavy atom. The van der Waals surface area contributed by atoms with Crippen LogP contribution in [0, 0.1) is 0 Å². The lowest BCUT2D eigenvalue weighted by Gasteiger charge is -2.25. The van der Waals surface area contributed by atoms with Crippen LogP contribution in [0.1, 0.15) is 30.0 Å². The largest absolute Gasteiger partial charge is 0.464 e. The number of piperidine rings is 1. The third kappa shape index (κ3) is 2.91. The number of nitrogens with zero attached hydrogens (tertiary/aromatic N) is 1. The molecule has 2 aliphatic rings. The maximum atomic E-state index is 13.1. The highest BCUT2D eigenvalue weighted by Gasteiger charge is 2.35. The Labute approximate surface area is 188 Å². The summed E-state index contributed by atoms with van der Waals surface area (Å²) in [5, 5.41) is 8.09. The van der Waals surface area contributed by atoms with Crippen molar-refractivity contribution in [2.45, 2.75) is 18.9 Å². The molecule has 4 heterocycles. The summed E-state index contributed by atoms with van der Waals surface area (Å²) >= 11 is 6.35. The molecule has 0 saturated carbocycles. The summed E-state index contributed by atoms with van der Waals surface area (Å²) in [4.78, 5) is 26.1. The molecule has 2 amide bonds. The van der Waals surface area contributed by atoms with E-state index in [1.54, 1.807) is 24.5 Å². The Bertz CT molecular complexity index is 1440. The quantitative estimate of drug-likeness (QED) is 0.454. The highest BCUT2D eigenvalue weighted by atomic mass is 35.5. The number of furan rings is 1. The lowest BCUT2D eigenvalue weighted by Crippen LogP contribution is -2.29. The van der Waals surface area contributed by atoms with Crippen molar-refractivity contribution in [2.75, 3.05) is 13.1 Å². The van der Waals surface area contributed by atoms with Gasteiger partial charge in [-0.1, -0.05) is 29.8 Å². The number of amides is 2. The van der Waals surface area contributed by atoms with E-state index in [0.717, 1.165) is 47.8 Å². The van der Waals surface area contributed by atoms with Crippen LogP contribution in [-0.2, 0) is 9.59 Å². The molecule has 0 atom stereocenters. The van der Waals surface area contributed by atoms with E-state index in [0.29, 0.717) is 33.4 Å². The summed E-state index contributed by atoms with van der Waals surface area (Å²) in [7, 11) is 0. The fourth-order valence-corrected chi connectivity index (χ4v) is 5.22. The molecule has 0 spiro atoms. The van der Waals surface area contributed by atoms with Crippen molar-refractivity contribution in [2.24, 2.45) is 0 Å². The first-order chi connectivity index (χ1) is 15.6. The third-order valence-electron chi connectivity index (χ3n) is 6.43. The average Bonchev–Trinajstić information content (AvgIpc) is 3.49. The smallest absolute Gasteiger partial charge is 0.259 e. The number of nitrogens with one attached hydrogen (secondary N) is 2. The molecule has 1 saturated heterocycles. The molecule has 32 heavy (non-hydrogen) atoms. The van der Waals surface area contributed by atoms with Gasteiger partial charge in [0.25, 0.3) is 11.8 Å². The molecule has 2 N–H and O–H groups in total. The van der Waals surface area contributed by atoms with Gasteiger partial charge in [-0.3, -0.25) is 14.9 Å². The lowest BCUT2D eigenvalue weighted by molar-refractivity contribution is -0.122. The molecule has 6 rings (SSSR count). The summed E-state index contributed by atoms with van der Waals surface area (Å²) < 4.78 is 7.93. The highest BCUT2D eigenvalue weighted by Crippen LogP contribution is 2.40. The fourth-order valence-electron chi connectivity index (χ4n) is 4.99. The van der Waals surface area contributed by atoms with Gasteiger partial charge in [0.2, 0.25) is 0 Å². The molecule has 2 aromatic heterocycles. The summed E-state index contributed by atoms with van der Waals surface area (Å²) in [6, 6.07) is 13.6. The number of carbonyl (C=O) groups is 2. The second-order valence-electron chi connectivity index (χ2n) is 8.27. The Hall–Kier alpha value is -3.35. The first-order valence-corrected chi connectivity index (χ1v) is 11.1. The lowest BCUT2D eigenvalue weighted by atomic mass is 9.95. The molecule has 7 heteroatoms. The van der Waals surface area contributed by atoms with Gasteiger partial charge < -0.3 is 14.3 Å². The summed E-state index contributed by atoms with van der Waals surface area (Å²) in [6.45, 7) is 1.91. The van der Waals surface area contributed by atoms with Crippen molar-refractivity contribution in [1.29, 1.82) is 0 Å². The standard InChI is InChI=1S/C25H20ClN3O3/c26-15-11-14-7-10-32-23(14)18(12-15)21-22(25(31)28-24(21)30)19-13-29(16-5-8-27-9-6-16)20-4-2-1-3-17(19)20/h1-4,7,10-13,16,27H,5-6,8-9H2,(H,28,30,31). The summed E-state index contributed by atoms with van der Waals surface area (Å²) in [6.07, 6.45) is 5.60.